The van der Waals surface area contributed by atoms with Crippen LogP contribution in [0.3, 0.4) is 0 Å². The Hall–Kier alpha value is -2.18. The highest BCUT2D eigenvalue weighted by molar-refractivity contribution is 5.40. The monoisotopic (exact) mass is 308 g/mol. The number of pyridine rings is 1. The van der Waals surface area contributed by atoms with Gasteiger partial charge in [0.15, 0.2) is 0 Å². The van der Waals surface area contributed by atoms with E-state index in [0.29, 0.717) is 11.7 Å². The molecule has 0 aromatic carbocycles. The largest absolute Gasteiger partial charge is 0.417 e. The molecule has 0 amide bonds. The fraction of sp³-hybridized carbons (Fsp3) is 0.400. The van der Waals surface area contributed by atoms with Crippen LogP contribution in [0.15, 0.2) is 36.9 Å². The molecule has 2 aromatic rings. The molecule has 116 valence electrons. The van der Waals surface area contributed by atoms with Crippen LogP contribution in [0.1, 0.15) is 30.0 Å². The average molecular weight is 308 g/mol. The molecule has 1 aliphatic rings. The van der Waals surface area contributed by atoms with Crippen LogP contribution in [0.4, 0.5) is 19.0 Å². The number of hydrogen-bond acceptors (Lipinski definition) is 4. The summed E-state index contributed by atoms with van der Waals surface area (Å²) in [6, 6.07) is 2.52. The normalized spacial score (nSPS) is 16.8. The lowest BCUT2D eigenvalue weighted by molar-refractivity contribution is -0.137. The fourth-order valence-electron chi connectivity index (χ4n) is 2.67. The maximum absolute atomic E-state index is 12.5. The molecule has 0 saturated carbocycles. The quantitative estimate of drug-likeness (QED) is 0.854. The molecule has 1 aliphatic heterocycles. The van der Waals surface area contributed by atoms with E-state index in [1.165, 1.54) is 6.07 Å². The van der Waals surface area contributed by atoms with Gasteiger partial charge in [0.2, 0.25) is 0 Å². The second-order valence-electron chi connectivity index (χ2n) is 5.29. The first-order valence-electron chi connectivity index (χ1n) is 7.08. The van der Waals surface area contributed by atoms with Crippen LogP contribution in [0, 0.1) is 0 Å². The topological polar surface area (TPSA) is 41.9 Å². The van der Waals surface area contributed by atoms with Crippen LogP contribution in [0.2, 0.25) is 0 Å². The predicted molar refractivity (Wildman–Crippen MR) is 75.5 cm³/mol. The van der Waals surface area contributed by atoms with Crippen molar-refractivity contribution in [3.05, 3.63) is 48.2 Å². The molecule has 3 heterocycles. The number of anilines is 1. The lowest BCUT2D eigenvalue weighted by Crippen LogP contribution is -2.33. The van der Waals surface area contributed by atoms with Crippen LogP contribution >= 0.6 is 0 Å². The van der Waals surface area contributed by atoms with E-state index in [9.17, 15) is 13.2 Å². The fourth-order valence-corrected chi connectivity index (χ4v) is 2.67. The van der Waals surface area contributed by atoms with E-state index in [1.807, 2.05) is 4.90 Å². The van der Waals surface area contributed by atoms with E-state index in [-0.39, 0.29) is 0 Å². The Morgan fingerprint density at radius 2 is 1.77 bits per heavy atom. The Bertz CT molecular complexity index is 605. The summed E-state index contributed by atoms with van der Waals surface area (Å²) in [5.41, 5.74) is 0.258. The van der Waals surface area contributed by atoms with Crippen LogP contribution in [-0.4, -0.2) is 28.0 Å². The highest BCUT2D eigenvalue weighted by atomic mass is 19.4. The standard InChI is InChI=1S/C15H15F3N4/c16-15(17,18)12-1-2-14(21-9-12)22-7-3-11(4-8-22)13-10-19-5-6-20-13/h1-2,5-6,9-11H,3-4,7-8H2. The third kappa shape index (κ3) is 3.18. The molecule has 4 nitrogen and oxygen atoms in total. The molecule has 0 radical (unpaired) electrons. The molecule has 1 fully saturated rings. The molecule has 0 N–H and O–H groups in total. The molecular weight excluding hydrogens is 293 g/mol. The van der Waals surface area contributed by atoms with Crippen LogP contribution in [-0.2, 0) is 6.18 Å². The van der Waals surface area contributed by atoms with Gasteiger partial charge in [0.05, 0.1) is 11.3 Å². The first kappa shape index (κ1) is 14.7. The number of alkyl halides is 3. The average Bonchev–Trinajstić information content (AvgIpc) is 2.55. The molecule has 7 heteroatoms. The van der Waals surface area contributed by atoms with Crippen molar-refractivity contribution in [2.24, 2.45) is 0 Å². The van der Waals surface area contributed by atoms with Gasteiger partial charge >= 0.3 is 6.18 Å². The van der Waals surface area contributed by atoms with E-state index in [2.05, 4.69) is 15.0 Å². The van der Waals surface area contributed by atoms with Crippen molar-refractivity contribution in [1.82, 2.24) is 15.0 Å². The van der Waals surface area contributed by atoms with Crippen molar-refractivity contribution >= 4 is 5.82 Å². The highest BCUT2D eigenvalue weighted by Crippen LogP contribution is 2.31. The number of halogens is 3. The molecule has 2 aromatic heterocycles. The van der Waals surface area contributed by atoms with Crippen molar-refractivity contribution in [1.29, 1.82) is 0 Å². The van der Waals surface area contributed by atoms with Crippen molar-refractivity contribution in [2.75, 3.05) is 18.0 Å². The maximum Gasteiger partial charge on any atom is 0.417 e. The zero-order chi connectivity index (χ0) is 15.6. The number of hydrogen-bond donors (Lipinski definition) is 0. The number of aromatic nitrogens is 3. The van der Waals surface area contributed by atoms with Crippen molar-refractivity contribution < 1.29 is 13.2 Å². The minimum absolute atomic E-state index is 0.347. The highest BCUT2D eigenvalue weighted by Gasteiger charge is 2.31. The first-order valence-corrected chi connectivity index (χ1v) is 7.08. The molecular formula is C15H15F3N4. The molecule has 3 rings (SSSR count). The van der Waals surface area contributed by atoms with Gasteiger partial charge in [-0.1, -0.05) is 0 Å². The lowest BCUT2D eigenvalue weighted by Gasteiger charge is -2.32. The third-order valence-corrected chi connectivity index (χ3v) is 3.90. The summed E-state index contributed by atoms with van der Waals surface area (Å²) in [5, 5.41) is 0. The molecule has 0 bridgehead atoms. The molecule has 0 unspecified atom stereocenters. The molecule has 22 heavy (non-hydrogen) atoms. The zero-order valence-corrected chi connectivity index (χ0v) is 11.8. The Labute approximate surface area is 126 Å². The van der Waals surface area contributed by atoms with Gasteiger partial charge in [0, 0.05) is 43.8 Å². The van der Waals surface area contributed by atoms with Gasteiger partial charge in [0.1, 0.15) is 5.82 Å². The van der Waals surface area contributed by atoms with Crippen LogP contribution in [0.25, 0.3) is 0 Å². The van der Waals surface area contributed by atoms with Gasteiger partial charge in [-0.25, -0.2) is 4.98 Å². The summed E-state index contributed by atoms with van der Waals surface area (Å²) >= 11 is 0. The minimum atomic E-state index is -4.34. The van der Waals surface area contributed by atoms with E-state index >= 15 is 0 Å². The SMILES string of the molecule is FC(F)(F)c1ccc(N2CCC(c3cnccn3)CC2)nc1. The minimum Gasteiger partial charge on any atom is -0.357 e. The molecule has 0 aliphatic carbocycles. The molecule has 1 saturated heterocycles. The number of rotatable bonds is 2. The Morgan fingerprint density at radius 1 is 1.00 bits per heavy atom. The second kappa shape index (κ2) is 5.90. The Morgan fingerprint density at radius 3 is 2.32 bits per heavy atom. The summed E-state index contributed by atoms with van der Waals surface area (Å²) in [5.74, 6) is 0.935. The van der Waals surface area contributed by atoms with E-state index in [0.717, 1.165) is 43.9 Å². The zero-order valence-electron chi connectivity index (χ0n) is 11.8. The van der Waals surface area contributed by atoms with E-state index in [4.69, 9.17) is 0 Å². The first-order chi connectivity index (χ1) is 10.5. The van der Waals surface area contributed by atoms with Gasteiger partial charge in [-0.05, 0) is 25.0 Å². The second-order valence-corrected chi connectivity index (χ2v) is 5.29. The van der Waals surface area contributed by atoms with Crippen LogP contribution in [0.5, 0.6) is 0 Å². The van der Waals surface area contributed by atoms with Crippen LogP contribution < -0.4 is 4.90 Å². The Kier molecular flexibility index (Phi) is 3.96. The van der Waals surface area contributed by atoms with Crippen molar-refractivity contribution in [3.63, 3.8) is 0 Å². The predicted octanol–water partition coefficient (Wildman–Crippen LogP) is 3.27. The summed E-state index contributed by atoms with van der Waals surface area (Å²) in [7, 11) is 0. The summed E-state index contributed by atoms with van der Waals surface area (Å²) in [4.78, 5) is 14.3. The number of piperidine rings is 1. The summed E-state index contributed by atoms with van der Waals surface area (Å²) in [6.45, 7) is 1.50. The summed E-state index contributed by atoms with van der Waals surface area (Å²) in [6.07, 6.45) is 3.43. The maximum atomic E-state index is 12.5. The van der Waals surface area contributed by atoms with Gasteiger partial charge in [-0.15, -0.1) is 0 Å². The molecule has 0 spiro atoms. The molecule has 0 atom stereocenters. The van der Waals surface area contributed by atoms with Gasteiger partial charge in [-0.2, -0.15) is 13.2 Å². The third-order valence-electron chi connectivity index (χ3n) is 3.90. The van der Waals surface area contributed by atoms with Crippen molar-refractivity contribution in [2.45, 2.75) is 24.9 Å². The van der Waals surface area contributed by atoms with Crippen molar-refractivity contribution in [3.8, 4) is 0 Å². The number of nitrogens with zero attached hydrogens (tertiary/aromatic N) is 4. The van der Waals surface area contributed by atoms with E-state index in [1.54, 1.807) is 18.6 Å². The Balaban J connectivity index is 1.64. The summed E-state index contributed by atoms with van der Waals surface area (Å²) < 4.78 is 37.6. The van der Waals surface area contributed by atoms with Gasteiger partial charge in [0.25, 0.3) is 0 Å². The smallest absolute Gasteiger partial charge is 0.357 e. The van der Waals surface area contributed by atoms with Gasteiger partial charge in [-0.3, -0.25) is 9.97 Å². The van der Waals surface area contributed by atoms with E-state index < -0.39 is 11.7 Å². The lowest BCUT2D eigenvalue weighted by atomic mass is 9.94. The van der Waals surface area contributed by atoms with Gasteiger partial charge < -0.3 is 4.90 Å².